The number of furan rings is 1. The molecule has 3 heterocycles. The summed E-state index contributed by atoms with van der Waals surface area (Å²) >= 11 is 0. The van der Waals surface area contributed by atoms with E-state index < -0.39 is 0 Å². The summed E-state index contributed by atoms with van der Waals surface area (Å²) < 4.78 is 11.8. The van der Waals surface area contributed by atoms with Gasteiger partial charge in [-0.15, -0.1) is 0 Å². The van der Waals surface area contributed by atoms with Gasteiger partial charge >= 0.3 is 0 Å². The number of rotatable bonds is 4. The fourth-order valence-electron chi connectivity index (χ4n) is 4.97. The van der Waals surface area contributed by atoms with Crippen LogP contribution in [0.1, 0.15) is 67.0 Å². The number of piperidine rings is 1. The summed E-state index contributed by atoms with van der Waals surface area (Å²) in [6.45, 7) is 1.26. The molecule has 1 saturated carbocycles. The van der Waals surface area contributed by atoms with Gasteiger partial charge in [-0.2, -0.15) is 0 Å². The molecule has 1 spiro atoms. The van der Waals surface area contributed by atoms with Crippen molar-refractivity contribution in [3.05, 3.63) is 54.0 Å². The molecule has 1 atom stereocenters. The summed E-state index contributed by atoms with van der Waals surface area (Å²) in [5.41, 5.74) is 0.802. The lowest BCUT2D eigenvalue weighted by Gasteiger charge is -2.46. The van der Waals surface area contributed by atoms with Gasteiger partial charge in [-0.1, -0.05) is 18.2 Å². The lowest BCUT2D eigenvalue weighted by atomic mass is 9.76. The van der Waals surface area contributed by atoms with Crippen LogP contribution in [0.4, 0.5) is 0 Å². The van der Waals surface area contributed by atoms with E-state index in [4.69, 9.17) is 9.15 Å². The van der Waals surface area contributed by atoms with Crippen LogP contribution in [0.15, 0.2) is 47.1 Å². The number of fused-ring (bicyclic) bond motifs is 1. The van der Waals surface area contributed by atoms with E-state index in [1.54, 1.807) is 12.1 Å². The van der Waals surface area contributed by atoms with Gasteiger partial charge in [-0.05, 0) is 49.4 Å². The van der Waals surface area contributed by atoms with Gasteiger partial charge in [-0.25, -0.2) is 0 Å². The molecule has 1 saturated heterocycles. The van der Waals surface area contributed by atoms with Crippen LogP contribution in [0.3, 0.4) is 0 Å². The minimum atomic E-state index is -0.324. The molecule has 1 aromatic heterocycles. The lowest BCUT2D eigenvalue weighted by Crippen LogP contribution is -2.52. The fourth-order valence-corrected chi connectivity index (χ4v) is 4.97. The van der Waals surface area contributed by atoms with Crippen LogP contribution in [0, 0.1) is 0 Å². The summed E-state index contributed by atoms with van der Waals surface area (Å²) in [7, 11) is 0. The first kappa shape index (κ1) is 19.2. The van der Waals surface area contributed by atoms with Crippen LogP contribution in [0.5, 0.6) is 5.75 Å². The molecule has 1 aliphatic carbocycles. The molecule has 5 rings (SSSR count). The molecular weight excluding hydrogens is 380 g/mol. The number of para-hydroxylation sites is 1. The molecule has 3 aliphatic rings. The molecule has 0 bridgehead atoms. The monoisotopic (exact) mass is 408 g/mol. The third-order valence-electron chi connectivity index (χ3n) is 6.90. The van der Waals surface area contributed by atoms with Crippen molar-refractivity contribution >= 4 is 11.8 Å². The molecule has 30 heavy (non-hydrogen) atoms. The highest BCUT2D eigenvalue weighted by molar-refractivity contribution is 5.91. The van der Waals surface area contributed by atoms with E-state index >= 15 is 0 Å². The fraction of sp³-hybridized carbons (Fsp3) is 0.500. The van der Waals surface area contributed by atoms with Crippen molar-refractivity contribution in [2.24, 2.45) is 0 Å². The quantitative estimate of drug-likeness (QED) is 0.833. The highest BCUT2D eigenvalue weighted by Gasteiger charge is 2.44. The molecule has 2 fully saturated rings. The number of hydrogen-bond acceptors (Lipinski definition) is 4. The maximum atomic E-state index is 12.7. The molecule has 2 amide bonds. The Morgan fingerprint density at radius 3 is 2.60 bits per heavy atom. The van der Waals surface area contributed by atoms with E-state index in [1.165, 1.54) is 12.7 Å². The molecular formula is C24H28N2O4. The molecule has 158 valence electrons. The van der Waals surface area contributed by atoms with Crippen molar-refractivity contribution in [3.8, 4) is 5.75 Å². The van der Waals surface area contributed by atoms with Crippen molar-refractivity contribution in [1.82, 2.24) is 10.2 Å². The van der Waals surface area contributed by atoms with Gasteiger partial charge in [0.25, 0.3) is 5.91 Å². The second-order valence-corrected chi connectivity index (χ2v) is 8.89. The molecule has 6 heteroatoms. The van der Waals surface area contributed by atoms with Crippen molar-refractivity contribution in [3.63, 3.8) is 0 Å². The van der Waals surface area contributed by atoms with E-state index in [0.29, 0.717) is 31.3 Å². The van der Waals surface area contributed by atoms with Crippen LogP contribution in [-0.4, -0.2) is 41.4 Å². The van der Waals surface area contributed by atoms with Crippen LogP contribution >= 0.6 is 0 Å². The summed E-state index contributed by atoms with van der Waals surface area (Å²) in [4.78, 5) is 27.1. The number of ether oxygens (including phenoxy) is 1. The third-order valence-corrected chi connectivity index (χ3v) is 6.90. The first-order valence-corrected chi connectivity index (χ1v) is 11.0. The predicted octanol–water partition coefficient (Wildman–Crippen LogP) is 3.88. The van der Waals surface area contributed by atoms with Crippen LogP contribution in [-0.2, 0) is 4.79 Å². The van der Waals surface area contributed by atoms with Gasteiger partial charge in [-0.3, -0.25) is 9.59 Å². The summed E-state index contributed by atoms with van der Waals surface area (Å²) in [6, 6.07) is 11.9. The standard InChI is InChI=1S/C24H28N2O4/c27-22(25-18-5-3-6-18)15-17-16-24(30-20-8-2-1-7-19(17)20)10-12-26(13-11-24)23(28)21-9-4-14-29-21/h1-2,4,7-9,14,17-18H,3,5-6,10-13,15-16H2,(H,25,27). The summed E-state index contributed by atoms with van der Waals surface area (Å²) in [5.74, 6) is 1.48. The minimum Gasteiger partial charge on any atom is -0.487 e. The Bertz CT molecular complexity index is 911. The van der Waals surface area contributed by atoms with Crippen molar-refractivity contribution in [1.29, 1.82) is 0 Å². The van der Waals surface area contributed by atoms with Crippen molar-refractivity contribution in [2.45, 2.75) is 62.5 Å². The largest absolute Gasteiger partial charge is 0.487 e. The van der Waals surface area contributed by atoms with Gasteiger partial charge < -0.3 is 19.4 Å². The Kier molecular flexibility index (Phi) is 5.01. The molecule has 1 N–H and O–H groups in total. The van der Waals surface area contributed by atoms with Crippen LogP contribution < -0.4 is 10.1 Å². The number of nitrogens with zero attached hydrogens (tertiary/aromatic N) is 1. The van der Waals surface area contributed by atoms with E-state index in [9.17, 15) is 9.59 Å². The second-order valence-electron chi connectivity index (χ2n) is 8.89. The average molecular weight is 408 g/mol. The number of hydrogen-bond donors (Lipinski definition) is 1. The average Bonchev–Trinajstić information content (AvgIpc) is 3.26. The Morgan fingerprint density at radius 1 is 1.10 bits per heavy atom. The summed E-state index contributed by atoms with van der Waals surface area (Å²) in [5, 5.41) is 3.18. The number of likely N-dealkylation sites (tertiary alicyclic amines) is 1. The first-order valence-electron chi connectivity index (χ1n) is 11.0. The first-order chi connectivity index (χ1) is 14.6. The van der Waals surface area contributed by atoms with Crippen molar-refractivity contribution < 1.29 is 18.7 Å². The maximum Gasteiger partial charge on any atom is 0.289 e. The Balaban J connectivity index is 1.29. The van der Waals surface area contributed by atoms with Crippen LogP contribution in [0.2, 0.25) is 0 Å². The zero-order valence-electron chi connectivity index (χ0n) is 17.1. The third kappa shape index (κ3) is 3.71. The predicted molar refractivity (Wildman–Crippen MR) is 111 cm³/mol. The molecule has 2 aromatic rings. The van der Waals surface area contributed by atoms with Gasteiger partial charge in [0.15, 0.2) is 5.76 Å². The molecule has 0 radical (unpaired) electrons. The number of benzene rings is 1. The minimum absolute atomic E-state index is 0.0671. The smallest absolute Gasteiger partial charge is 0.289 e. The Labute approximate surface area is 176 Å². The van der Waals surface area contributed by atoms with Gasteiger partial charge in [0.2, 0.25) is 5.91 Å². The highest BCUT2D eigenvalue weighted by Crippen LogP contribution is 2.46. The number of amides is 2. The Hall–Kier alpha value is -2.76. The number of carbonyl (C=O) groups is 2. The normalized spacial score (nSPS) is 22.7. The van der Waals surface area contributed by atoms with E-state index in [1.807, 2.05) is 23.1 Å². The maximum absolute atomic E-state index is 12.7. The molecule has 1 aromatic carbocycles. The van der Waals surface area contributed by atoms with Gasteiger partial charge in [0.1, 0.15) is 11.4 Å². The van der Waals surface area contributed by atoms with Gasteiger partial charge in [0, 0.05) is 44.3 Å². The second kappa shape index (κ2) is 7.82. The lowest BCUT2D eigenvalue weighted by molar-refractivity contribution is -0.123. The molecule has 6 nitrogen and oxygen atoms in total. The van der Waals surface area contributed by atoms with Crippen molar-refractivity contribution in [2.75, 3.05) is 13.1 Å². The van der Waals surface area contributed by atoms with E-state index in [-0.39, 0.29) is 23.3 Å². The topological polar surface area (TPSA) is 71.8 Å². The van der Waals surface area contributed by atoms with E-state index in [2.05, 4.69) is 11.4 Å². The highest BCUT2D eigenvalue weighted by atomic mass is 16.5. The van der Waals surface area contributed by atoms with Crippen LogP contribution in [0.25, 0.3) is 0 Å². The number of nitrogens with one attached hydrogen (secondary N) is 1. The Morgan fingerprint density at radius 2 is 1.90 bits per heavy atom. The summed E-state index contributed by atoms with van der Waals surface area (Å²) in [6.07, 6.45) is 7.75. The number of carbonyl (C=O) groups excluding carboxylic acids is 2. The van der Waals surface area contributed by atoms with E-state index in [0.717, 1.165) is 43.4 Å². The molecule has 2 aliphatic heterocycles. The molecule has 1 unspecified atom stereocenters. The van der Waals surface area contributed by atoms with Gasteiger partial charge in [0.05, 0.1) is 6.26 Å². The zero-order valence-corrected chi connectivity index (χ0v) is 17.1. The SMILES string of the molecule is O=C(CC1CC2(CCN(C(=O)c3ccco3)CC2)Oc2ccccc21)NC1CCC1. The zero-order chi connectivity index (χ0) is 20.6.